The normalized spacial score (nSPS) is 45.7. The third-order valence-corrected chi connectivity index (χ3v) is 10.1. The number of hydrogen-bond acceptors (Lipinski definition) is 0. The van der Waals surface area contributed by atoms with Crippen LogP contribution < -0.4 is 0 Å². The summed E-state index contributed by atoms with van der Waals surface area (Å²) in [5.41, 5.74) is 0.682. The lowest BCUT2D eigenvalue weighted by Gasteiger charge is -2.58. The highest BCUT2D eigenvalue weighted by Gasteiger charge is 2.59. The number of allylic oxidation sites excluding steroid dienone is 5. The summed E-state index contributed by atoms with van der Waals surface area (Å²) < 4.78 is 0. The minimum Gasteiger partial charge on any atom is -0.103 e. The van der Waals surface area contributed by atoms with Crippen LogP contribution in [0.1, 0.15) is 89.9 Å². The van der Waals surface area contributed by atoms with E-state index in [-0.39, 0.29) is 0 Å². The van der Waals surface area contributed by atoms with Gasteiger partial charge in [-0.15, -0.1) is 6.58 Å². The highest BCUT2D eigenvalue weighted by Crippen LogP contribution is 2.67. The second-order valence-corrected chi connectivity index (χ2v) is 11.0. The molecule has 4 saturated carbocycles. The van der Waals surface area contributed by atoms with Crippen LogP contribution in [0.15, 0.2) is 37.0 Å². The molecule has 0 amide bonds. The molecular weight excluding hydrogens is 336 g/mol. The van der Waals surface area contributed by atoms with Gasteiger partial charge in [0.2, 0.25) is 0 Å². The zero-order valence-corrected chi connectivity index (χ0v) is 18.0. The summed E-state index contributed by atoms with van der Waals surface area (Å²) in [5, 5.41) is 0. The summed E-state index contributed by atoms with van der Waals surface area (Å²) in [7, 11) is 0. The zero-order valence-electron chi connectivity index (χ0n) is 18.0. The Labute approximate surface area is 173 Å². The Balaban J connectivity index is 1.52. The molecule has 5 aliphatic rings. The third-order valence-electron chi connectivity index (χ3n) is 10.1. The van der Waals surface area contributed by atoms with E-state index in [1.165, 1.54) is 51.4 Å². The minimum atomic E-state index is 0.682. The van der Waals surface area contributed by atoms with Crippen LogP contribution in [0.2, 0.25) is 0 Å². The molecule has 0 N–H and O–H groups in total. The maximum Gasteiger partial charge on any atom is -0.0131 e. The van der Waals surface area contributed by atoms with Crippen LogP contribution in [0.5, 0.6) is 0 Å². The van der Waals surface area contributed by atoms with Crippen molar-refractivity contribution < 1.29 is 0 Å². The molecule has 0 heterocycles. The Bertz CT molecular complexity index is 604. The monoisotopic (exact) mass is 378 g/mol. The summed E-state index contributed by atoms with van der Waals surface area (Å²) in [5.74, 6) is 6.68. The van der Waals surface area contributed by atoms with Gasteiger partial charge in [0.25, 0.3) is 0 Å². The first-order chi connectivity index (χ1) is 13.8. The van der Waals surface area contributed by atoms with E-state index in [1.54, 1.807) is 38.5 Å². The predicted molar refractivity (Wildman–Crippen MR) is 120 cm³/mol. The Morgan fingerprint density at radius 1 is 0.821 bits per heavy atom. The lowest BCUT2D eigenvalue weighted by Crippen LogP contribution is -2.51. The standard InChI is InChI=1S/C28H42/c1-2-3-11-22-20-27(25-17-8-7-16-24(22)25)28(23-14-5-6-15-23)19-10-13-21-12-4-9-18-26(21)28/h2,7-8,16-17,21-27H,1,3-6,9-15,18-20H2/t21?,22?,24?,25?,26?,27?,28-/m0/s1. The molecule has 0 bridgehead atoms. The van der Waals surface area contributed by atoms with Gasteiger partial charge in [-0.25, -0.2) is 0 Å². The first-order valence-corrected chi connectivity index (χ1v) is 12.8. The van der Waals surface area contributed by atoms with E-state index in [1.807, 2.05) is 0 Å². The SMILES string of the molecule is C=CCCC1CC([C@]2(C3CCCC3)CCCC3CCCCC32)C2C=CC=CC12. The van der Waals surface area contributed by atoms with E-state index in [0.717, 1.165) is 41.4 Å². The van der Waals surface area contributed by atoms with Crippen LogP contribution in [-0.4, -0.2) is 0 Å². The molecular formula is C28H42. The van der Waals surface area contributed by atoms with E-state index >= 15 is 0 Å². The highest BCUT2D eigenvalue weighted by atomic mass is 14.6. The van der Waals surface area contributed by atoms with Gasteiger partial charge in [0.15, 0.2) is 0 Å². The summed E-state index contributed by atoms with van der Waals surface area (Å²) in [6, 6.07) is 0. The van der Waals surface area contributed by atoms with Crippen LogP contribution >= 0.6 is 0 Å². The van der Waals surface area contributed by atoms with Crippen molar-refractivity contribution in [3.63, 3.8) is 0 Å². The van der Waals surface area contributed by atoms with Crippen LogP contribution in [0, 0.1) is 46.8 Å². The Hall–Kier alpha value is -0.780. The molecule has 4 fully saturated rings. The first-order valence-electron chi connectivity index (χ1n) is 12.8. The fraction of sp³-hybridized carbons (Fsp3) is 0.786. The zero-order chi connectivity index (χ0) is 19.0. The van der Waals surface area contributed by atoms with Gasteiger partial charge < -0.3 is 0 Å². The van der Waals surface area contributed by atoms with E-state index in [4.69, 9.17) is 0 Å². The molecule has 154 valence electrons. The van der Waals surface area contributed by atoms with Gasteiger partial charge in [0, 0.05) is 0 Å². The molecule has 5 rings (SSSR count). The van der Waals surface area contributed by atoms with E-state index in [0.29, 0.717) is 5.41 Å². The van der Waals surface area contributed by atoms with Crippen molar-refractivity contribution >= 4 is 0 Å². The van der Waals surface area contributed by atoms with Crippen molar-refractivity contribution in [3.05, 3.63) is 37.0 Å². The van der Waals surface area contributed by atoms with Gasteiger partial charge in [-0.3, -0.25) is 0 Å². The topological polar surface area (TPSA) is 0 Å². The number of fused-ring (bicyclic) bond motifs is 2. The van der Waals surface area contributed by atoms with Gasteiger partial charge in [-0.2, -0.15) is 0 Å². The summed E-state index contributed by atoms with van der Waals surface area (Å²) in [4.78, 5) is 0. The average Bonchev–Trinajstić information content (AvgIpc) is 3.41. The van der Waals surface area contributed by atoms with E-state index in [2.05, 4.69) is 37.0 Å². The van der Waals surface area contributed by atoms with E-state index < -0.39 is 0 Å². The fourth-order valence-corrected chi connectivity index (χ4v) is 9.23. The molecule has 6 unspecified atom stereocenters. The quantitative estimate of drug-likeness (QED) is 0.424. The second kappa shape index (κ2) is 8.16. The van der Waals surface area contributed by atoms with Gasteiger partial charge in [0.05, 0.1) is 0 Å². The molecule has 7 atom stereocenters. The maximum absolute atomic E-state index is 4.03. The maximum atomic E-state index is 4.03. The Kier molecular flexibility index (Phi) is 5.59. The molecule has 5 aliphatic carbocycles. The van der Waals surface area contributed by atoms with Gasteiger partial charge in [-0.05, 0) is 91.8 Å². The van der Waals surface area contributed by atoms with Crippen LogP contribution in [0.4, 0.5) is 0 Å². The summed E-state index contributed by atoms with van der Waals surface area (Å²) >= 11 is 0. The van der Waals surface area contributed by atoms with Crippen LogP contribution in [-0.2, 0) is 0 Å². The van der Waals surface area contributed by atoms with Gasteiger partial charge in [-0.1, -0.05) is 75.3 Å². The lowest BCUT2D eigenvalue weighted by molar-refractivity contribution is -0.0887. The Morgan fingerprint density at radius 2 is 1.54 bits per heavy atom. The van der Waals surface area contributed by atoms with Crippen molar-refractivity contribution in [2.24, 2.45) is 46.8 Å². The van der Waals surface area contributed by atoms with Crippen molar-refractivity contribution in [2.75, 3.05) is 0 Å². The third kappa shape index (κ3) is 3.09. The molecule has 0 radical (unpaired) electrons. The van der Waals surface area contributed by atoms with Crippen LogP contribution in [0.3, 0.4) is 0 Å². The largest absolute Gasteiger partial charge is 0.103 e. The molecule has 0 heteroatoms. The fourth-order valence-electron chi connectivity index (χ4n) is 9.23. The van der Waals surface area contributed by atoms with Crippen molar-refractivity contribution in [3.8, 4) is 0 Å². The molecule has 0 aromatic rings. The van der Waals surface area contributed by atoms with Gasteiger partial charge >= 0.3 is 0 Å². The average molecular weight is 379 g/mol. The van der Waals surface area contributed by atoms with Crippen molar-refractivity contribution in [1.82, 2.24) is 0 Å². The molecule has 0 spiro atoms. The number of hydrogen-bond donors (Lipinski definition) is 0. The molecule has 0 nitrogen and oxygen atoms in total. The van der Waals surface area contributed by atoms with Crippen LogP contribution in [0.25, 0.3) is 0 Å². The minimum absolute atomic E-state index is 0.682. The number of rotatable bonds is 5. The Morgan fingerprint density at radius 3 is 2.36 bits per heavy atom. The second-order valence-electron chi connectivity index (χ2n) is 11.0. The van der Waals surface area contributed by atoms with E-state index in [9.17, 15) is 0 Å². The molecule has 28 heavy (non-hydrogen) atoms. The highest BCUT2D eigenvalue weighted by molar-refractivity contribution is 5.22. The van der Waals surface area contributed by atoms with Crippen molar-refractivity contribution in [1.29, 1.82) is 0 Å². The van der Waals surface area contributed by atoms with Crippen molar-refractivity contribution in [2.45, 2.75) is 89.9 Å². The molecule has 0 saturated heterocycles. The first kappa shape index (κ1) is 19.2. The summed E-state index contributed by atoms with van der Waals surface area (Å²) in [6.07, 6.45) is 33.2. The molecule has 0 aromatic carbocycles. The molecule has 0 aliphatic heterocycles. The van der Waals surface area contributed by atoms with Gasteiger partial charge in [0.1, 0.15) is 0 Å². The summed E-state index contributed by atoms with van der Waals surface area (Å²) in [6.45, 7) is 4.03. The lowest BCUT2D eigenvalue weighted by atomic mass is 9.46. The molecule has 0 aromatic heterocycles. The smallest absolute Gasteiger partial charge is 0.0131 e. The predicted octanol–water partition coefficient (Wildman–Crippen LogP) is 8.11.